The molecule has 0 saturated carbocycles. The van der Waals surface area contributed by atoms with Crippen molar-refractivity contribution < 1.29 is 14.4 Å². The van der Waals surface area contributed by atoms with Gasteiger partial charge in [-0.05, 0) is 43.0 Å². The number of carbonyl (C=O) groups is 3. The number of anilines is 1. The van der Waals surface area contributed by atoms with Crippen molar-refractivity contribution in [1.82, 2.24) is 15.1 Å². The average Bonchev–Trinajstić information content (AvgIpc) is 2.83. The Hall–Kier alpha value is -1.93. The molecule has 0 bridgehead atoms. The Morgan fingerprint density at radius 3 is 2.44 bits per heavy atom. The van der Waals surface area contributed by atoms with E-state index < -0.39 is 17.5 Å². The largest absolute Gasteiger partial charge is 0.325 e. The van der Waals surface area contributed by atoms with Gasteiger partial charge in [-0.1, -0.05) is 29.8 Å². The van der Waals surface area contributed by atoms with Gasteiger partial charge in [0.2, 0.25) is 5.91 Å². The summed E-state index contributed by atoms with van der Waals surface area (Å²) in [6.45, 7) is 6.57. The van der Waals surface area contributed by atoms with Crippen LogP contribution in [0.4, 0.5) is 10.5 Å². The first-order valence-electron chi connectivity index (χ1n) is 9.21. The van der Waals surface area contributed by atoms with Crippen LogP contribution in [-0.2, 0) is 9.59 Å². The van der Waals surface area contributed by atoms with Gasteiger partial charge < -0.3 is 15.5 Å². The van der Waals surface area contributed by atoms with Crippen molar-refractivity contribution in [2.45, 2.75) is 32.2 Å². The minimum absolute atomic E-state index is 0.280. The summed E-state index contributed by atoms with van der Waals surface area (Å²) in [6.07, 6.45) is 1.16. The molecule has 2 N–H and O–H groups in total. The summed E-state index contributed by atoms with van der Waals surface area (Å²) in [5, 5.41) is 5.56. The van der Waals surface area contributed by atoms with Gasteiger partial charge in [0.1, 0.15) is 12.1 Å². The van der Waals surface area contributed by atoms with Gasteiger partial charge in [0, 0.05) is 29.8 Å². The van der Waals surface area contributed by atoms with Crippen molar-refractivity contribution in [3.05, 3.63) is 28.7 Å². The Morgan fingerprint density at radius 2 is 1.85 bits per heavy atom. The monoisotopic (exact) mass is 436 g/mol. The molecule has 4 amide bonds. The van der Waals surface area contributed by atoms with Crippen molar-refractivity contribution in [2.75, 3.05) is 31.5 Å². The molecule has 2 aliphatic heterocycles. The summed E-state index contributed by atoms with van der Waals surface area (Å²) >= 11 is 3.33. The van der Waals surface area contributed by atoms with E-state index in [0.717, 1.165) is 29.0 Å². The lowest BCUT2D eigenvalue weighted by Gasteiger charge is -2.37. The quantitative estimate of drug-likeness (QED) is 0.694. The third kappa shape index (κ3) is 4.50. The molecule has 2 aliphatic rings. The van der Waals surface area contributed by atoms with Crippen molar-refractivity contribution in [1.29, 1.82) is 0 Å². The molecule has 1 spiro atoms. The van der Waals surface area contributed by atoms with E-state index in [1.807, 2.05) is 12.1 Å². The highest BCUT2D eigenvalue weighted by Gasteiger charge is 2.52. The molecule has 0 aromatic heterocycles. The lowest BCUT2D eigenvalue weighted by Crippen LogP contribution is -2.55. The predicted octanol–water partition coefficient (Wildman–Crippen LogP) is 2.43. The Bertz CT molecular complexity index is 727. The first-order valence-corrected chi connectivity index (χ1v) is 10.0. The van der Waals surface area contributed by atoms with Gasteiger partial charge >= 0.3 is 6.03 Å². The summed E-state index contributed by atoms with van der Waals surface area (Å²) in [5.41, 5.74) is -0.241. The summed E-state index contributed by atoms with van der Waals surface area (Å²) in [6, 6.07) is 6.63. The summed E-state index contributed by atoms with van der Waals surface area (Å²) < 4.78 is 0.903. The maximum atomic E-state index is 12.9. The Morgan fingerprint density at radius 1 is 1.22 bits per heavy atom. The van der Waals surface area contributed by atoms with Crippen LogP contribution in [0.25, 0.3) is 0 Å². The molecule has 8 heteroatoms. The fourth-order valence-electron chi connectivity index (χ4n) is 3.67. The molecule has 0 radical (unpaired) electrons. The Balaban J connectivity index is 1.59. The number of rotatable bonds is 5. The van der Waals surface area contributed by atoms with E-state index in [9.17, 15) is 14.4 Å². The first-order chi connectivity index (χ1) is 12.8. The van der Waals surface area contributed by atoms with E-state index in [2.05, 4.69) is 45.3 Å². The van der Waals surface area contributed by atoms with E-state index in [1.54, 1.807) is 12.1 Å². The van der Waals surface area contributed by atoms with Gasteiger partial charge in [0.25, 0.3) is 5.91 Å². The van der Waals surface area contributed by atoms with E-state index in [-0.39, 0.29) is 12.5 Å². The highest BCUT2D eigenvalue weighted by Crippen LogP contribution is 2.29. The molecule has 2 heterocycles. The molecule has 0 unspecified atom stereocenters. The van der Waals surface area contributed by atoms with E-state index in [1.165, 1.54) is 0 Å². The number of amides is 4. The number of hydrogen-bond acceptors (Lipinski definition) is 4. The van der Waals surface area contributed by atoms with Crippen LogP contribution in [0.5, 0.6) is 0 Å². The number of piperidine rings is 1. The number of imide groups is 1. The summed E-state index contributed by atoms with van der Waals surface area (Å²) in [4.78, 5) is 40.9. The maximum absolute atomic E-state index is 12.9. The second-order valence-electron chi connectivity index (χ2n) is 7.65. The standard InChI is InChI=1S/C19H25BrN4O3/c1-13(2)11-23-9-7-19(8-10-23)17(26)24(18(27)22-19)12-16(25)21-15-5-3-14(20)4-6-15/h3-6,13H,7-12H2,1-2H3,(H,21,25)(H,22,27). The molecule has 1 aromatic carbocycles. The van der Waals surface area contributed by atoms with Crippen LogP contribution < -0.4 is 10.6 Å². The average molecular weight is 437 g/mol. The van der Waals surface area contributed by atoms with Gasteiger partial charge in [-0.2, -0.15) is 0 Å². The zero-order chi connectivity index (χ0) is 19.6. The molecule has 1 aromatic rings. The van der Waals surface area contributed by atoms with E-state index >= 15 is 0 Å². The topological polar surface area (TPSA) is 81.8 Å². The molecule has 0 atom stereocenters. The number of carbonyl (C=O) groups excluding carboxylic acids is 3. The van der Waals surface area contributed by atoms with Crippen LogP contribution in [0.1, 0.15) is 26.7 Å². The number of benzene rings is 1. The molecule has 2 fully saturated rings. The van der Waals surface area contributed by atoms with Crippen LogP contribution in [-0.4, -0.2) is 59.4 Å². The van der Waals surface area contributed by atoms with E-state index in [4.69, 9.17) is 0 Å². The molecule has 7 nitrogen and oxygen atoms in total. The number of nitrogens with zero attached hydrogens (tertiary/aromatic N) is 2. The van der Waals surface area contributed by atoms with Gasteiger partial charge in [-0.15, -0.1) is 0 Å². The van der Waals surface area contributed by atoms with Gasteiger partial charge in [-0.3, -0.25) is 14.5 Å². The summed E-state index contributed by atoms with van der Waals surface area (Å²) in [5.74, 6) is -0.121. The fraction of sp³-hybridized carbons (Fsp3) is 0.526. The number of nitrogens with one attached hydrogen (secondary N) is 2. The molecular formula is C19H25BrN4O3. The molecular weight excluding hydrogens is 412 g/mol. The minimum Gasteiger partial charge on any atom is -0.325 e. The van der Waals surface area contributed by atoms with Crippen molar-refractivity contribution in [3.63, 3.8) is 0 Å². The van der Waals surface area contributed by atoms with Gasteiger partial charge in [0.05, 0.1) is 0 Å². The van der Waals surface area contributed by atoms with Crippen molar-refractivity contribution in [2.24, 2.45) is 5.92 Å². The zero-order valence-electron chi connectivity index (χ0n) is 15.6. The fourth-order valence-corrected chi connectivity index (χ4v) is 3.93. The lowest BCUT2D eigenvalue weighted by molar-refractivity contribution is -0.135. The van der Waals surface area contributed by atoms with Crippen LogP contribution in [0, 0.1) is 5.92 Å². The normalized spacial score (nSPS) is 19.6. The number of likely N-dealkylation sites (tertiary alicyclic amines) is 1. The second-order valence-corrected chi connectivity index (χ2v) is 8.57. The van der Waals surface area contributed by atoms with Crippen LogP contribution >= 0.6 is 15.9 Å². The molecule has 27 heavy (non-hydrogen) atoms. The zero-order valence-corrected chi connectivity index (χ0v) is 17.2. The summed E-state index contributed by atoms with van der Waals surface area (Å²) in [7, 11) is 0. The molecule has 146 valence electrons. The second kappa shape index (κ2) is 7.98. The highest BCUT2D eigenvalue weighted by molar-refractivity contribution is 9.10. The molecule has 3 rings (SSSR count). The Labute approximate surface area is 167 Å². The highest BCUT2D eigenvalue weighted by atomic mass is 79.9. The van der Waals surface area contributed by atoms with Crippen molar-refractivity contribution in [3.8, 4) is 0 Å². The van der Waals surface area contributed by atoms with Crippen molar-refractivity contribution >= 4 is 39.5 Å². The smallest absolute Gasteiger partial charge is 0.325 e. The number of halogens is 1. The maximum Gasteiger partial charge on any atom is 0.325 e. The number of hydrogen-bond donors (Lipinski definition) is 2. The molecule has 2 saturated heterocycles. The van der Waals surface area contributed by atoms with Crippen LogP contribution in [0.3, 0.4) is 0 Å². The van der Waals surface area contributed by atoms with Crippen LogP contribution in [0.2, 0.25) is 0 Å². The molecule has 0 aliphatic carbocycles. The van der Waals surface area contributed by atoms with Gasteiger partial charge in [0.15, 0.2) is 0 Å². The minimum atomic E-state index is -0.859. The third-order valence-electron chi connectivity index (χ3n) is 5.01. The predicted molar refractivity (Wildman–Crippen MR) is 106 cm³/mol. The Kier molecular flexibility index (Phi) is 5.86. The van der Waals surface area contributed by atoms with E-state index in [0.29, 0.717) is 24.4 Å². The lowest BCUT2D eigenvalue weighted by atomic mass is 9.87. The third-order valence-corrected chi connectivity index (χ3v) is 5.54. The van der Waals surface area contributed by atoms with Crippen LogP contribution in [0.15, 0.2) is 28.7 Å². The SMILES string of the molecule is CC(C)CN1CCC2(CC1)NC(=O)N(CC(=O)Nc1ccc(Br)cc1)C2=O. The first kappa shape index (κ1) is 19.8. The number of urea groups is 1. The van der Waals surface area contributed by atoms with Gasteiger partial charge in [-0.25, -0.2) is 4.79 Å².